The minimum Gasteiger partial charge on any atom is -0.480 e. The molecule has 0 saturated carbocycles. The lowest BCUT2D eigenvalue weighted by atomic mass is 9.94. The van der Waals surface area contributed by atoms with Crippen LogP contribution in [0.25, 0.3) is 10.8 Å². The number of anilines is 1. The van der Waals surface area contributed by atoms with Crippen LogP contribution in [0.3, 0.4) is 0 Å². The van der Waals surface area contributed by atoms with E-state index in [0.717, 1.165) is 22.9 Å². The first-order valence-corrected chi connectivity index (χ1v) is 6.95. The predicted octanol–water partition coefficient (Wildman–Crippen LogP) is 3.77. The van der Waals surface area contributed by atoms with Crippen molar-refractivity contribution in [2.45, 2.75) is 32.2 Å². The van der Waals surface area contributed by atoms with Crippen molar-refractivity contribution >= 4 is 22.4 Å². The third-order valence-corrected chi connectivity index (χ3v) is 3.68. The Balaban J connectivity index is 2.53. The Kier molecular flexibility index (Phi) is 4.13. The van der Waals surface area contributed by atoms with Gasteiger partial charge in [0.2, 0.25) is 0 Å². The Morgan fingerprint density at radius 2 is 1.95 bits per heavy atom. The van der Waals surface area contributed by atoms with Crippen molar-refractivity contribution in [2.75, 3.05) is 5.32 Å². The Labute approximate surface area is 124 Å². The number of carboxylic acids is 1. The molecule has 2 aromatic rings. The molecule has 0 amide bonds. The summed E-state index contributed by atoms with van der Waals surface area (Å²) in [6.45, 7) is 3.64. The molecule has 0 radical (unpaired) electrons. The highest BCUT2D eigenvalue weighted by molar-refractivity contribution is 5.99. The number of carbonyl (C=O) groups is 1. The molecule has 0 spiro atoms. The van der Waals surface area contributed by atoms with E-state index in [1.807, 2.05) is 31.2 Å². The first-order chi connectivity index (χ1) is 10.0. The van der Waals surface area contributed by atoms with Crippen LogP contribution < -0.4 is 5.32 Å². The maximum absolute atomic E-state index is 11.6. The molecule has 0 fully saturated rings. The molecule has 0 aliphatic carbocycles. The normalized spacial score (nSPS) is 13.4. The average molecular weight is 282 g/mol. The van der Waals surface area contributed by atoms with Gasteiger partial charge < -0.3 is 10.4 Å². The monoisotopic (exact) mass is 282 g/mol. The molecule has 108 valence electrons. The smallest absolute Gasteiger partial charge is 0.329 e. The molecule has 1 atom stereocenters. The van der Waals surface area contributed by atoms with Gasteiger partial charge in [-0.2, -0.15) is 5.26 Å². The summed E-state index contributed by atoms with van der Waals surface area (Å²) in [6.07, 6.45) is 1.29. The summed E-state index contributed by atoms with van der Waals surface area (Å²) < 4.78 is 0. The fourth-order valence-corrected chi connectivity index (χ4v) is 2.53. The van der Waals surface area contributed by atoms with E-state index in [-0.39, 0.29) is 0 Å². The first kappa shape index (κ1) is 14.9. The lowest BCUT2D eigenvalue weighted by Crippen LogP contribution is -2.43. The zero-order chi connectivity index (χ0) is 15.5. The lowest BCUT2D eigenvalue weighted by molar-refractivity contribution is -0.141. The molecule has 4 heteroatoms. The van der Waals surface area contributed by atoms with Crippen LogP contribution in [0.2, 0.25) is 0 Å². The lowest BCUT2D eigenvalue weighted by Gasteiger charge is -2.28. The zero-order valence-corrected chi connectivity index (χ0v) is 12.2. The predicted molar refractivity (Wildman–Crippen MR) is 83.2 cm³/mol. The Morgan fingerprint density at radius 3 is 2.52 bits per heavy atom. The minimum absolute atomic E-state index is 0.524. The molecule has 21 heavy (non-hydrogen) atoms. The molecule has 0 aromatic heterocycles. The van der Waals surface area contributed by atoms with Crippen LogP contribution in [0.5, 0.6) is 0 Å². The second-order valence-electron chi connectivity index (χ2n) is 5.33. The summed E-state index contributed by atoms with van der Waals surface area (Å²) in [4.78, 5) is 11.6. The van der Waals surface area contributed by atoms with Gasteiger partial charge in [0, 0.05) is 16.5 Å². The second-order valence-corrected chi connectivity index (χ2v) is 5.33. The van der Waals surface area contributed by atoms with E-state index in [0.29, 0.717) is 12.0 Å². The van der Waals surface area contributed by atoms with Crippen LogP contribution in [0.1, 0.15) is 32.3 Å². The van der Waals surface area contributed by atoms with Crippen LogP contribution >= 0.6 is 0 Å². The van der Waals surface area contributed by atoms with Gasteiger partial charge >= 0.3 is 5.97 Å². The fraction of sp³-hybridized carbons (Fsp3) is 0.294. The molecule has 1 unspecified atom stereocenters. The third kappa shape index (κ3) is 2.82. The number of hydrogen-bond donors (Lipinski definition) is 2. The van der Waals surface area contributed by atoms with Crippen molar-refractivity contribution in [2.24, 2.45) is 0 Å². The Bertz CT molecular complexity index is 718. The van der Waals surface area contributed by atoms with Gasteiger partial charge in [-0.3, -0.25) is 0 Å². The molecule has 0 saturated heterocycles. The topological polar surface area (TPSA) is 73.1 Å². The molecule has 2 aromatic carbocycles. The SMILES string of the molecule is CCCC(C)(Nc1ccc(C#N)c2ccccc12)C(=O)O. The van der Waals surface area contributed by atoms with Crippen LogP contribution in [-0.2, 0) is 4.79 Å². The minimum atomic E-state index is -1.02. The van der Waals surface area contributed by atoms with Crippen LogP contribution in [-0.4, -0.2) is 16.6 Å². The number of nitrogens with zero attached hydrogens (tertiary/aromatic N) is 1. The van der Waals surface area contributed by atoms with Crippen molar-refractivity contribution in [1.29, 1.82) is 5.26 Å². The zero-order valence-electron chi connectivity index (χ0n) is 12.2. The Morgan fingerprint density at radius 1 is 1.29 bits per heavy atom. The summed E-state index contributed by atoms with van der Waals surface area (Å²) >= 11 is 0. The summed E-state index contributed by atoms with van der Waals surface area (Å²) in [5.74, 6) is -0.877. The summed E-state index contributed by atoms with van der Waals surface area (Å²) in [7, 11) is 0. The summed E-state index contributed by atoms with van der Waals surface area (Å²) in [5, 5.41) is 23.5. The van der Waals surface area contributed by atoms with Crippen LogP contribution in [0.15, 0.2) is 36.4 Å². The number of rotatable bonds is 5. The number of nitrogens with one attached hydrogen (secondary N) is 1. The number of hydrogen-bond acceptors (Lipinski definition) is 3. The van der Waals surface area contributed by atoms with Crippen molar-refractivity contribution < 1.29 is 9.90 Å². The number of nitriles is 1. The van der Waals surface area contributed by atoms with Gasteiger partial charge in [0.25, 0.3) is 0 Å². The van der Waals surface area contributed by atoms with Gasteiger partial charge in [-0.15, -0.1) is 0 Å². The van der Waals surface area contributed by atoms with Gasteiger partial charge in [0.15, 0.2) is 0 Å². The maximum Gasteiger partial charge on any atom is 0.329 e. The van der Waals surface area contributed by atoms with E-state index in [4.69, 9.17) is 5.26 Å². The highest BCUT2D eigenvalue weighted by atomic mass is 16.4. The van der Waals surface area contributed by atoms with E-state index in [9.17, 15) is 9.90 Å². The van der Waals surface area contributed by atoms with Crippen LogP contribution in [0.4, 0.5) is 5.69 Å². The van der Waals surface area contributed by atoms with Crippen LogP contribution in [0, 0.1) is 11.3 Å². The molecular weight excluding hydrogens is 264 g/mol. The van der Waals surface area contributed by atoms with E-state index < -0.39 is 11.5 Å². The molecule has 0 bridgehead atoms. The van der Waals surface area contributed by atoms with Crippen molar-refractivity contribution in [3.8, 4) is 6.07 Å². The number of fused-ring (bicyclic) bond motifs is 1. The second kappa shape index (κ2) is 5.84. The van der Waals surface area contributed by atoms with Crippen molar-refractivity contribution in [3.05, 3.63) is 42.0 Å². The largest absolute Gasteiger partial charge is 0.480 e. The van der Waals surface area contributed by atoms with Gasteiger partial charge in [0.05, 0.1) is 11.6 Å². The highest BCUT2D eigenvalue weighted by Crippen LogP contribution is 2.30. The number of carboxylic acid groups (broad SMARTS) is 1. The molecule has 0 heterocycles. The summed E-state index contributed by atoms with van der Waals surface area (Å²) in [6, 6.07) is 13.2. The van der Waals surface area contributed by atoms with Crippen molar-refractivity contribution in [1.82, 2.24) is 0 Å². The highest BCUT2D eigenvalue weighted by Gasteiger charge is 2.32. The van der Waals surface area contributed by atoms with Gasteiger partial charge in [0.1, 0.15) is 5.54 Å². The third-order valence-electron chi connectivity index (χ3n) is 3.68. The van der Waals surface area contributed by atoms with E-state index in [1.165, 1.54) is 0 Å². The molecular formula is C17H18N2O2. The van der Waals surface area contributed by atoms with E-state index in [2.05, 4.69) is 11.4 Å². The van der Waals surface area contributed by atoms with Gasteiger partial charge in [-0.05, 0) is 25.5 Å². The van der Waals surface area contributed by atoms with Gasteiger partial charge in [-0.1, -0.05) is 37.6 Å². The quantitative estimate of drug-likeness (QED) is 0.875. The molecule has 0 aliphatic rings. The van der Waals surface area contributed by atoms with Gasteiger partial charge in [-0.25, -0.2) is 4.79 Å². The standard InChI is InChI=1S/C17H18N2O2/c1-3-10-17(2,16(20)21)19-15-9-8-12(11-18)13-6-4-5-7-14(13)15/h4-9,19H,3,10H2,1-2H3,(H,20,21). The van der Waals surface area contributed by atoms with Crippen molar-refractivity contribution in [3.63, 3.8) is 0 Å². The Hall–Kier alpha value is -2.54. The average Bonchev–Trinajstić information content (AvgIpc) is 2.47. The summed E-state index contributed by atoms with van der Waals surface area (Å²) in [5.41, 5.74) is 0.303. The number of benzene rings is 2. The maximum atomic E-state index is 11.6. The fourth-order valence-electron chi connectivity index (χ4n) is 2.53. The molecule has 2 rings (SSSR count). The number of aliphatic carboxylic acids is 1. The van der Waals surface area contributed by atoms with E-state index in [1.54, 1.807) is 19.1 Å². The first-order valence-electron chi connectivity index (χ1n) is 6.95. The molecule has 2 N–H and O–H groups in total. The molecule has 4 nitrogen and oxygen atoms in total. The van der Waals surface area contributed by atoms with E-state index >= 15 is 0 Å². The molecule has 0 aliphatic heterocycles.